The number of hydrogen-bond donors (Lipinski definition) is 14. The molecule has 1 heterocycles. The number of ether oxygens (including phenoxy) is 1. The van der Waals surface area contributed by atoms with Crippen molar-refractivity contribution >= 4 is 23.8 Å². The Bertz CT molecular complexity index is 762. The van der Waals surface area contributed by atoms with Crippen LogP contribution in [0.2, 0.25) is 0 Å². The third-order valence-electron chi connectivity index (χ3n) is 5.10. The first kappa shape index (κ1) is 43.4. The van der Waals surface area contributed by atoms with E-state index in [1.54, 1.807) is 0 Å². The summed E-state index contributed by atoms with van der Waals surface area (Å²) in [6, 6.07) is 0. The van der Waals surface area contributed by atoms with E-state index in [0.29, 0.717) is 0 Å². The van der Waals surface area contributed by atoms with Crippen LogP contribution in [0, 0.1) is 0 Å². The van der Waals surface area contributed by atoms with Crippen molar-refractivity contribution in [3.63, 3.8) is 0 Å². The molecule has 0 amide bonds. The van der Waals surface area contributed by atoms with E-state index in [1.807, 2.05) is 0 Å². The van der Waals surface area contributed by atoms with Crippen LogP contribution >= 0.6 is 0 Å². The van der Waals surface area contributed by atoms with E-state index >= 15 is 0 Å². The zero-order valence-electron chi connectivity index (χ0n) is 22.6. The van der Waals surface area contributed by atoms with Crippen LogP contribution in [0.5, 0.6) is 0 Å². The SMILES string of the molecule is CC(=O)C(=O)O.CC(O)C(O)C(O)C(O)C(=O)CO.CC(O)C(O)C(O)C=O.CC(O)[C@H]1OC(O)(CO)[C@@H](O)[C@@H]1O. The maximum Gasteiger partial charge on any atom is 0.371 e. The summed E-state index contributed by atoms with van der Waals surface area (Å²) in [6.07, 6.45) is -15.5. The first-order valence-electron chi connectivity index (χ1n) is 11.7. The van der Waals surface area contributed by atoms with E-state index in [0.717, 1.165) is 6.92 Å². The number of carboxylic acid groups (broad SMARTS) is 1. The summed E-state index contributed by atoms with van der Waals surface area (Å²) in [5.41, 5.74) is 0. The van der Waals surface area contributed by atoms with Gasteiger partial charge in [0.2, 0.25) is 11.6 Å². The molecule has 9 unspecified atom stereocenters. The fraction of sp³-hybridized carbons (Fsp3) is 0.818. The zero-order chi connectivity index (χ0) is 33.4. The first-order chi connectivity index (χ1) is 18.6. The topological polar surface area (TPSA) is 361 Å². The second kappa shape index (κ2) is 20.7. The first-order valence-corrected chi connectivity index (χ1v) is 11.7. The number of ketones is 2. The molecule has 244 valence electrons. The highest BCUT2D eigenvalue weighted by atomic mass is 16.7. The van der Waals surface area contributed by atoms with Crippen LogP contribution in [0.3, 0.4) is 0 Å². The summed E-state index contributed by atoms with van der Waals surface area (Å²) in [4.78, 5) is 39.3. The molecule has 1 fully saturated rings. The summed E-state index contributed by atoms with van der Waals surface area (Å²) in [7, 11) is 0. The molecule has 0 aromatic heterocycles. The third kappa shape index (κ3) is 15.6. The average molecular weight is 611 g/mol. The molecule has 12 atom stereocenters. The number of hydrogen-bond acceptors (Lipinski definition) is 18. The lowest BCUT2D eigenvalue weighted by molar-refractivity contribution is -0.252. The summed E-state index contributed by atoms with van der Waals surface area (Å²) in [6.45, 7) is 3.08. The average Bonchev–Trinajstić information content (AvgIpc) is 3.15. The maximum absolute atomic E-state index is 10.6. The van der Waals surface area contributed by atoms with Gasteiger partial charge in [-0.25, -0.2) is 4.79 Å². The molecule has 0 spiro atoms. The Kier molecular flexibility index (Phi) is 21.9. The standard InChI is InChI=1S/2C7H14O6.C5H10O4.C3H4O3/c1-3(9)5-4(10)6(11)7(12,2-8)13-5;1-3(9)5(11)7(13)6(12)4(10)2-8;1-3(7)5(9)4(8)2-6;1-2(4)3(5)6/h3-6,8-12H,2H2,1H3;3,5-9,11-13H,2H2,1H3;2-5,7-9H,1H3;1H3,(H,5,6)/t3?,4-,5-,6+,7?;;;/m1.../s1. The van der Waals surface area contributed by atoms with Crippen molar-refractivity contribution in [3.05, 3.63) is 0 Å². The number of carbonyl (C=O) groups excluding carboxylic acids is 3. The van der Waals surface area contributed by atoms with Crippen LogP contribution in [0.1, 0.15) is 27.7 Å². The highest BCUT2D eigenvalue weighted by Crippen LogP contribution is 2.30. The Morgan fingerprint density at radius 2 is 1.27 bits per heavy atom. The van der Waals surface area contributed by atoms with E-state index < -0.39 is 104 Å². The molecule has 0 aromatic rings. The molecule has 19 heteroatoms. The monoisotopic (exact) mass is 610 g/mol. The van der Waals surface area contributed by atoms with E-state index in [9.17, 15) is 34.5 Å². The van der Waals surface area contributed by atoms with Crippen molar-refractivity contribution in [2.75, 3.05) is 13.2 Å². The second-order valence-electron chi connectivity index (χ2n) is 8.77. The lowest BCUT2D eigenvalue weighted by Gasteiger charge is -2.23. The predicted octanol–water partition coefficient (Wildman–Crippen LogP) is -7.87. The molecule has 41 heavy (non-hydrogen) atoms. The number of carboxylic acids is 1. The minimum Gasteiger partial charge on any atom is -0.476 e. The van der Waals surface area contributed by atoms with Crippen LogP contribution in [0.25, 0.3) is 0 Å². The van der Waals surface area contributed by atoms with Gasteiger partial charge >= 0.3 is 5.97 Å². The highest BCUT2D eigenvalue weighted by Gasteiger charge is 2.54. The van der Waals surface area contributed by atoms with Crippen LogP contribution in [-0.2, 0) is 23.9 Å². The summed E-state index contributed by atoms with van der Waals surface area (Å²) in [5, 5.41) is 123. The summed E-state index contributed by atoms with van der Waals surface area (Å²) in [5.74, 6) is -5.39. The minimum atomic E-state index is -2.18. The van der Waals surface area contributed by atoms with Crippen LogP contribution in [0.15, 0.2) is 0 Å². The van der Waals surface area contributed by atoms with Gasteiger partial charge in [0.05, 0.1) is 24.9 Å². The number of carbonyl (C=O) groups is 4. The van der Waals surface area contributed by atoms with Gasteiger partial charge in [0.25, 0.3) is 0 Å². The minimum absolute atomic E-state index is 0.178. The fourth-order valence-corrected chi connectivity index (χ4v) is 2.46. The quantitative estimate of drug-likeness (QED) is 0.0762. The predicted molar refractivity (Wildman–Crippen MR) is 130 cm³/mol. The number of Topliss-reactive ketones (excluding diaryl/α,β-unsaturated/α-hetero) is 2. The number of aldehydes is 1. The van der Waals surface area contributed by atoms with Crippen LogP contribution < -0.4 is 0 Å². The highest BCUT2D eigenvalue weighted by molar-refractivity contribution is 6.31. The number of aliphatic carboxylic acids is 1. The Labute approximate surface area is 233 Å². The molecule has 1 saturated heterocycles. The summed E-state index contributed by atoms with van der Waals surface area (Å²) < 4.78 is 4.74. The lowest BCUT2D eigenvalue weighted by atomic mass is 10.0. The van der Waals surface area contributed by atoms with Gasteiger partial charge in [-0.1, -0.05) is 0 Å². The molecule has 1 aliphatic heterocycles. The zero-order valence-corrected chi connectivity index (χ0v) is 22.6. The third-order valence-corrected chi connectivity index (χ3v) is 5.10. The van der Waals surface area contributed by atoms with Crippen molar-refractivity contribution in [2.24, 2.45) is 0 Å². The molecule has 0 bridgehead atoms. The Morgan fingerprint density at radius 3 is 1.46 bits per heavy atom. The lowest BCUT2D eigenvalue weighted by Crippen LogP contribution is -2.47. The van der Waals surface area contributed by atoms with Crippen molar-refractivity contribution in [2.45, 2.75) is 101 Å². The van der Waals surface area contributed by atoms with Gasteiger partial charge in [0.1, 0.15) is 55.4 Å². The van der Waals surface area contributed by atoms with E-state index in [2.05, 4.69) is 0 Å². The molecule has 14 N–H and O–H groups in total. The smallest absolute Gasteiger partial charge is 0.371 e. The van der Waals surface area contributed by atoms with Gasteiger partial charge in [0.15, 0.2) is 12.1 Å². The van der Waals surface area contributed by atoms with Gasteiger partial charge in [-0.3, -0.25) is 9.59 Å². The maximum atomic E-state index is 10.6. The molecular formula is C22H42O19. The Balaban J connectivity index is -0.000000489. The molecule has 1 rings (SSSR count). The van der Waals surface area contributed by atoms with Crippen molar-refractivity contribution in [3.8, 4) is 0 Å². The van der Waals surface area contributed by atoms with Crippen molar-refractivity contribution in [1.82, 2.24) is 0 Å². The fourth-order valence-electron chi connectivity index (χ4n) is 2.46. The molecule has 1 aliphatic rings. The molecule has 0 aromatic carbocycles. The van der Waals surface area contributed by atoms with Gasteiger partial charge in [-0.15, -0.1) is 0 Å². The Morgan fingerprint density at radius 1 is 0.854 bits per heavy atom. The van der Waals surface area contributed by atoms with E-state index in [1.165, 1.54) is 20.8 Å². The number of rotatable bonds is 11. The molecule has 19 nitrogen and oxygen atoms in total. The number of aliphatic hydroxyl groups is 13. The molecular weight excluding hydrogens is 568 g/mol. The largest absolute Gasteiger partial charge is 0.476 e. The molecule has 0 radical (unpaired) electrons. The van der Waals surface area contributed by atoms with E-state index in [-0.39, 0.29) is 6.29 Å². The van der Waals surface area contributed by atoms with Crippen LogP contribution in [-0.4, -0.2) is 181 Å². The van der Waals surface area contributed by atoms with Crippen LogP contribution in [0.4, 0.5) is 0 Å². The molecule has 0 aliphatic carbocycles. The Hall–Kier alpha value is -2.08. The second-order valence-corrected chi connectivity index (χ2v) is 8.77. The van der Waals surface area contributed by atoms with Gasteiger partial charge in [-0.2, -0.15) is 0 Å². The number of aliphatic hydroxyl groups excluding tert-OH is 12. The van der Waals surface area contributed by atoms with Gasteiger partial charge in [-0.05, 0) is 20.8 Å². The summed E-state index contributed by atoms with van der Waals surface area (Å²) >= 11 is 0. The normalized spacial score (nSPS) is 27.3. The van der Waals surface area contributed by atoms with E-state index in [4.69, 9.17) is 60.9 Å². The molecule has 0 saturated carbocycles. The van der Waals surface area contributed by atoms with Gasteiger partial charge in [0, 0.05) is 6.92 Å². The van der Waals surface area contributed by atoms with Gasteiger partial charge < -0.3 is 81.0 Å². The van der Waals surface area contributed by atoms with Crippen molar-refractivity contribution in [1.29, 1.82) is 0 Å². The van der Waals surface area contributed by atoms with Crippen molar-refractivity contribution < 1.29 is 95.4 Å².